The molecule has 1 aliphatic heterocycles. The van der Waals surface area contributed by atoms with E-state index in [1.807, 2.05) is 23.1 Å². The number of hydrogen-bond donors (Lipinski definition) is 2. The van der Waals surface area contributed by atoms with Crippen LogP contribution in [0.2, 0.25) is 0 Å². The van der Waals surface area contributed by atoms with E-state index in [1.54, 1.807) is 31.4 Å². The van der Waals surface area contributed by atoms with Gasteiger partial charge in [-0.25, -0.2) is 4.79 Å². The van der Waals surface area contributed by atoms with Crippen molar-refractivity contribution in [2.24, 2.45) is 0 Å². The summed E-state index contributed by atoms with van der Waals surface area (Å²) >= 11 is 0. The van der Waals surface area contributed by atoms with Gasteiger partial charge in [0.25, 0.3) is 5.91 Å². The molecule has 0 atom stereocenters. The van der Waals surface area contributed by atoms with E-state index in [0.717, 1.165) is 37.1 Å². The van der Waals surface area contributed by atoms with Gasteiger partial charge in [0.15, 0.2) is 0 Å². The van der Waals surface area contributed by atoms with Crippen LogP contribution in [-0.2, 0) is 11.2 Å². The second-order valence-electron chi connectivity index (χ2n) is 7.79. The van der Waals surface area contributed by atoms with Gasteiger partial charge in [0.2, 0.25) is 0 Å². The number of urea groups is 1. The number of carbonyl (C=O) groups excluding carboxylic acids is 2. The number of carbonyl (C=O) groups is 2. The van der Waals surface area contributed by atoms with Gasteiger partial charge in [0.05, 0.1) is 7.11 Å². The minimum Gasteiger partial charge on any atom is -0.497 e. The van der Waals surface area contributed by atoms with E-state index >= 15 is 0 Å². The van der Waals surface area contributed by atoms with E-state index in [4.69, 9.17) is 4.74 Å². The normalized spacial score (nSPS) is 17.3. The number of amides is 3. The number of para-hydroxylation sites is 1. The average molecular weight is 393 g/mol. The van der Waals surface area contributed by atoms with E-state index in [-0.39, 0.29) is 11.9 Å². The lowest BCUT2D eigenvalue weighted by atomic mass is 9.80. The Balaban J connectivity index is 1.52. The number of ether oxygens (including phenoxy) is 1. The first-order valence-electron chi connectivity index (χ1n) is 10.2. The molecule has 0 unspecified atom stereocenters. The topological polar surface area (TPSA) is 70.7 Å². The lowest BCUT2D eigenvalue weighted by Crippen LogP contribution is -2.61. The number of fused-ring (bicyclic) bond motifs is 1. The average Bonchev–Trinajstić information content (AvgIpc) is 3.18. The fourth-order valence-electron chi connectivity index (χ4n) is 4.41. The number of nitrogens with zero attached hydrogens (tertiary/aromatic N) is 1. The fraction of sp³-hybridized carbons (Fsp3) is 0.391. The summed E-state index contributed by atoms with van der Waals surface area (Å²) in [5, 5.41) is 5.90. The number of benzene rings is 2. The van der Waals surface area contributed by atoms with Gasteiger partial charge in [0, 0.05) is 17.9 Å². The summed E-state index contributed by atoms with van der Waals surface area (Å²) in [6.45, 7) is 0.668. The molecule has 2 aromatic carbocycles. The number of methoxy groups -OCH3 is 1. The molecule has 4 rings (SSSR count). The molecule has 29 heavy (non-hydrogen) atoms. The van der Waals surface area contributed by atoms with Crippen molar-refractivity contribution in [3.63, 3.8) is 0 Å². The van der Waals surface area contributed by atoms with Gasteiger partial charge in [-0.3, -0.25) is 4.79 Å². The van der Waals surface area contributed by atoms with Gasteiger partial charge in [-0.15, -0.1) is 0 Å². The Morgan fingerprint density at radius 1 is 1.00 bits per heavy atom. The summed E-state index contributed by atoms with van der Waals surface area (Å²) in [4.78, 5) is 28.3. The second kappa shape index (κ2) is 8.15. The molecule has 0 aromatic heterocycles. The molecule has 1 fully saturated rings. The maximum absolute atomic E-state index is 13.6. The Bertz CT molecular complexity index is 888. The summed E-state index contributed by atoms with van der Waals surface area (Å²) in [6.07, 6.45) is 5.15. The lowest BCUT2D eigenvalue weighted by molar-refractivity contribution is -0.125. The minimum absolute atomic E-state index is 0.00651. The lowest BCUT2D eigenvalue weighted by Gasteiger charge is -2.39. The molecule has 3 amide bonds. The van der Waals surface area contributed by atoms with Crippen molar-refractivity contribution < 1.29 is 14.3 Å². The molecule has 2 N–H and O–H groups in total. The Morgan fingerprint density at radius 2 is 1.72 bits per heavy atom. The molecule has 2 aromatic rings. The van der Waals surface area contributed by atoms with E-state index in [9.17, 15) is 9.59 Å². The van der Waals surface area contributed by atoms with E-state index in [0.29, 0.717) is 25.1 Å². The molecule has 152 valence electrons. The first-order valence-corrected chi connectivity index (χ1v) is 10.2. The predicted molar refractivity (Wildman–Crippen MR) is 113 cm³/mol. The minimum atomic E-state index is -0.855. The Morgan fingerprint density at radius 3 is 2.45 bits per heavy atom. The summed E-state index contributed by atoms with van der Waals surface area (Å²) in [6, 6.07) is 14.8. The highest BCUT2D eigenvalue weighted by molar-refractivity contribution is 6.04. The van der Waals surface area contributed by atoms with Gasteiger partial charge in [-0.05, 0) is 55.2 Å². The molecule has 6 nitrogen and oxygen atoms in total. The van der Waals surface area contributed by atoms with E-state index < -0.39 is 5.54 Å². The van der Waals surface area contributed by atoms with Crippen LogP contribution < -0.4 is 20.3 Å². The van der Waals surface area contributed by atoms with Crippen molar-refractivity contribution in [3.8, 4) is 5.75 Å². The third-order valence-corrected chi connectivity index (χ3v) is 5.95. The maximum Gasteiger partial charge on any atom is 0.320 e. The largest absolute Gasteiger partial charge is 0.497 e. The van der Waals surface area contributed by atoms with Crippen molar-refractivity contribution in [2.45, 2.75) is 44.1 Å². The van der Waals surface area contributed by atoms with E-state index in [2.05, 4.69) is 16.7 Å². The van der Waals surface area contributed by atoms with Crippen LogP contribution in [-0.4, -0.2) is 31.1 Å². The molecular weight excluding hydrogens is 366 g/mol. The van der Waals surface area contributed by atoms with Crippen LogP contribution in [0.5, 0.6) is 5.75 Å². The van der Waals surface area contributed by atoms with Crippen molar-refractivity contribution in [3.05, 3.63) is 54.1 Å². The van der Waals surface area contributed by atoms with Gasteiger partial charge < -0.3 is 20.3 Å². The summed E-state index contributed by atoms with van der Waals surface area (Å²) in [5.74, 6) is 0.731. The monoisotopic (exact) mass is 393 g/mol. The fourth-order valence-corrected chi connectivity index (χ4v) is 4.41. The Kier molecular flexibility index (Phi) is 5.43. The molecule has 0 radical (unpaired) electrons. The van der Waals surface area contributed by atoms with Gasteiger partial charge >= 0.3 is 6.03 Å². The molecule has 0 saturated heterocycles. The first kappa shape index (κ1) is 19.3. The van der Waals surface area contributed by atoms with Crippen molar-refractivity contribution in [1.29, 1.82) is 0 Å². The maximum atomic E-state index is 13.6. The zero-order valence-corrected chi connectivity index (χ0v) is 16.7. The van der Waals surface area contributed by atoms with Gasteiger partial charge in [0.1, 0.15) is 11.3 Å². The SMILES string of the molecule is COc1ccc(NC(=O)NC2(C(=O)N3CCc4ccccc43)CCCCC2)cc1. The number of anilines is 2. The smallest absolute Gasteiger partial charge is 0.320 e. The Hall–Kier alpha value is -3.02. The number of hydrogen-bond acceptors (Lipinski definition) is 3. The molecular formula is C23H27N3O3. The second-order valence-corrected chi connectivity index (χ2v) is 7.79. The van der Waals surface area contributed by atoms with Gasteiger partial charge in [-0.1, -0.05) is 37.5 Å². The van der Waals surface area contributed by atoms with Crippen molar-refractivity contribution in [1.82, 2.24) is 5.32 Å². The van der Waals surface area contributed by atoms with Crippen molar-refractivity contribution >= 4 is 23.3 Å². The Labute approximate surface area is 171 Å². The molecule has 1 saturated carbocycles. The summed E-state index contributed by atoms with van der Waals surface area (Å²) in [7, 11) is 1.60. The van der Waals surface area contributed by atoms with Crippen LogP contribution in [0.15, 0.2) is 48.5 Å². The van der Waals surface area contributed by atoms with Crippen LogP contribution >= 0.6 is 0 Å². The molecule has 2 aliphatic rings. The third kappa shape index (κ3) is 3.92. The molecule has 0 spiro atoms. The molecule has 0 bridgehead atoms. The first-order chi connectivity index (χ1) is 14.1. The van der Waals surface area contributed by atoms with Crippen LogP contribution in [0.4, 0.5) is 16.2 Å². The zero-order valence-electron chi connectivity index (χ0n) is 16.7. The highest BCUT2D eigenvalue weighted by Gasteiger charge is 2.45. The van der Waals surface area contributed by atoms with E-state index in [1.165, 1.54) is 5.56 Å². The van der Waals surface area contributed by atoms with Crippen LogP contribution in [0.1, 0.15) is 37.7 Å². The summed E-state index contributed by atoms with van der Waals surface area (Å²) in [5.41, 5.74) is 1.97. The number of nitrogens with one attached hydrogen (secondary N) is 2. The predicted octanol–water partition coefficient (Wildman–Crippen LogP) is 4.11. The molecule has 1 heterocycles. The standard InChI is InChI=1S/C23H27N3O3/c1-29-19-11-9-18(10-12-19)24-22(28)25-23(14-5-2-6-15-23)21(27)26-16-13-17-7-3-4-8-20(17)26/h3-4,7-12H,2,5-6,13-16H2,1H3,(H2,24,25,28). The van der Waals surface area contributed by atoms with Crippen LogP contribution in [0, 0.1) is 0 Å². The summed E-state index contributed by atoms with van der Waals surface area (Å²) < 4.78 is 5.15. The zero-order chi connectivity index (χ0) is 20.3. The number of rotatable bonds is 4. The molecule has 6 heteroatoms. The highest BCUT2D eigenvalue weighted by Crippen LogP contribution is 2.35. The highest BCUT2D eigenvalue weighted by atomic mass is 16.5. The third-order valence-electron chi connectivity index (χ3n) is 5.95. The quantitative estimate of drug-likeness (QED) is 0.821. The van der Waals surface area contributed by atoms with Gasteiger partial charge in [-0.2, -0.15) is 0 Å². The van der Waals surface area contributed by atoms with Crippen molar-refractivity contribution in [2.75, 3.05) is 23.9 Å². The molecule has 1 aliphatic carbocycles. The van der Waals surface area contributed by atoms with Crippen LogP contribution in [0.3, 0.4) is 0 Å². The van der Waals surface area contributed by atoms with Crippen LogP contribution in [0.25, 0.3) is 0 Å².